The number of hydrogen-bond acceptors (Lipinski definition) is 20. The van der Waals surface area contributed by atoms with Gasteiger partial charge in [0.25, 0.3) is 0 Å². The van der Waals surface area contributed by atoms with Crippen molar-refractivity contribution in [1.29, 1.82) is 0 Å². The lowest BCUT2D eigenvalue weighted by molar-refractivity contribution is -0.189. The molecule has 0 radical (unpaired) electrons. The Bertz CT molecular complexity index is 1300. The van der Waals surface area contributed by atoms with E-state index in [1.54, 1.807) is 42.4 Å². The summed E-state index contributed by atoms with van der Waals surface area (Å²) >= 11 is 5.00. The average molecular weight is 1000 g/mol. The Labute approximate surface area is 407 Å². The van der Waals surface area contributed by atoms with E-state index in [4.69, 9.17) is 43.6 Å². The highest BCUT2D eigenvalue weighted by Gasteiger charge is 2.35. The van der Waals surface area contributed by atoms with Crippen molar-refractivity contribution in [2.24, 2.45) is 5.73 Å². The van der Waals surface area contributed by atoms with Crippen LogP contribution in [0.2, 0.25) is 0 Å². The van der Waals surface area contributed by atoms with Crippen molar-refractivity contribution >= 4 is 71.1 Å². The van der Waals surface area contributed by atoms with Crippen LogP contribution in [0.4, 0.5) is 0 Å². The van der Waals surface area contributed by atoms with Gasteiger partial charge in [-0.1, -0.05) is 59.3 Å². The Morgan fingerprint density at radius 1 is 0.515 bits per heavy atom. The van der Waals surface area contributed by atoms with Crippen LogP contribution in [0, 0.1) is 0 Å². The summed E-state index contributed by atoms with van der Waals surface area (Å²) in [5.74, 6) is -1.39. The first-order valence-corrected chi connectivity index (χ1v) is 27.3. The highest BCUT2D eigenvalue weighted by Crippen LogP contribution is 2.18. The summed E-state index contributed by atoms with van der Waals surface area (Å²) in [5.41, 5.74) is 5.54. The van der Waals surface area contributed by atoms with Gasteiger partial charge in [0.1, 0.15) is 12.7 Å². The molecule has 386 valence electrons. The van der Waals surface area contributed by atoms with Gasteiger partial charge in [0.15, 0.2) is 30.5 Å². The maximum atomic E-state index is 13.6. The molecular weight excluding hydrogens is 917 g/mol. The Hall–Kier alpha value is -2.33. The van der Waals surface area contributed by atoms with E-state index >= 15 is 0 Å². The summed E-state index contributed by atoms with van der Waals surface area (Å²) < 4.78 is 42.9. The molecule has 0 spiro atoms. The molecule has 0 heterocycles. The summed E-state index contributed by atoms with van der Waals surface area (Å²) in [4.78, 5) is 81.1. The second-order valence-corrected chi connectivity index (χ2v) is 19.3. The standard InChI is InChI=1S/C46H84N2O15S3/c1-8-11-12-13-14-15-16-29-64-30-17-20-38(44(53)58-28-27-57-26-25-56-7)62-42(51)36(5)60-46(55)40(22-19-32-66-34-24-48(9-2)10-3)63-43(52)37(6)59-45(54)39(61-41(50)35(4)49)21-18-31-65-33-23-47/h35-40,49H,8-34,47H2,1-7H3. The number of nitrogens with two attached hydrogens (primary N) is 1. The highest BCUT2D eigenvalue weighted by atomic mass is 32.2. The zero-order chi connectivity index (χ0) is 49.4. The smallest absolute Gasteiger partial charge is 0.348 e. The first-order valence-electron chi connectivity index (χ1n) is 23.8. The Morgan fingerprint density at radius 2 is 0.955 bits per heavy atom. The second kappa shape index (κ2) is 42.7. The number of ether oxygens (including phenoxy) is 8. The minimum absolute atomic E-state index is 0.0261. The van der Waals surface area contributed by atoms with E-state index in [-0.39, 0.29) is 32.5 Å². The van der Waals surface area contributed by atoms with Gasteiger partial charge in [-0.25, -0.2) is 28.8 Å². The number of esters is 6. The number of rotatable bonds is 44. The summed E-state index contributed by atoms with van der Waals surface area (Å²) in [6.07, 6.45) is 1.54. The van der Waals surface area contributed by atoms with Crippen LogP contribution >= 0.6 is 35.3 Å². The van der Waals surface area contributed by atoms with Crippen LogP contribution in [-0.2, 0) is 66.7 Å². The van der Waals surface area contributed by atoms with Crippen LogP contribution in [0.15, 0.2) is 0 Å². The fourth-order valence-corrected chi connectivity index (χ4v) is 8.60. The van der Waals surface area contributed by atoms with Gasteiger partial charge >= 0.3 is 35.8 Å². The minimum Gasteiger partial charge on any atom is -0.460 e. The number of aliphatic hydroxyl groups is 1. The van der Waals surface area contributed by atoms with Crippen LogP contribution in [0.5, 0.6) is 0 Å². The van der Waals surface area contributed by atoms with Crippen molar-refractivity contribution in [3.63, 3.8) is 0 Å². The second-order valence-electron chi connectivity index (χ2n) is 15.6. The van der Waals surface area contributed by atoms with Gasteiger partial charge in [-0.05, 0) is 102 Å². The molecule has 0 bridgehead atoms. The van der Waals surface area contributed by atoms with E-state index in [0.29, 0.717) is 56.3 Å². The molecule has 6 atom stereocenters. The van der Waals surface area contributed by atoms with E-state index in [1.165, 1.54) is 59.3 Å². The molecule has 3 N–H and O–H groups in total. The Morgan fingerprint density at radius 3 is 1.44 bits per heavy atom. The molecule has 0 rings (SSSR count). The van der Waals surface area contributed by atoms with E-state index in [9.17, 15) is 33.9 Å². The zero-order valence-corrected chi connectivity index (χ0v) is 43.4. The van der Waals surface area contributed by atoms with E-state index < -0.39 is 72.4 Å². The van der Waals surface area contributed by atoms with Gasteiger partial charge in [0.05, 0.1) is 19.8 Å². The predicted molar refractivity (Wildman–Crippen MR) is 261 cm³/mol. The van der Waals surface area contributed by atoms with Crippen molar-refractivity contribution < 1.29 is 71.8 Å². The van der Waals surface area contributed by atoms with Crippen molar-refractivity contribution in [3.8, 4) is 0 Å². The van der Waals surface area contributed by atoms with Crippen LogP contribution in [0.3, 0.4) is 0 Å². The zero-order valence-electron chi connectivity index (χ0n) is 41.0. The van der Waals surface area contributed by atoms with Gasteiger partial charge < -0.3 is 53.6 Å². The summed E-state index contributed by atoms with van der Waals surface area (Å²) in [7, 11) is 1.55. The molecular formula is C46H84N2O15S3. The number of carbonyl (C=O) groups excluding carboxylic acids is 6. The van der Waals surface area contributed by atoms with Crippen LogP contribution < -0.4 is 5.73 Å². The van der Waals surface area contributed by atoms with Gasteiger partial charge in [0.2, 0.25) is 0 Å². The van der Waals surface area contributed by atoms with Crippen LogP contribution in [0.1, 0.15) is 125 Å². The molecule has 0 aliphatic rings. The molecule has 0 aromatic carbocycles. The van der Waals surface area contributed by atoms with Gasteiger partial charge in [-0.2, -0.15) is 35.3 Å². The fraction of sp³-hybridized carbons (Fsp3) is 0.870. The summed E-state index contributed by atoms with van der Waals surface area (Å²) in [6.45, 7) is 14.1. The first kappa shape index (κ1) is 63.7. The first-order chi connectivity index (χ1) is 31.7. The third kappa shape index (κ3) is 33.2. The number of methoxy groups -OCH3 is 1. The van der Waals surface area contributed by atoms with E-state index in [0.717, 1.165) is 43.3 Å². The maximum Gasteiger partial charge on any atom is 0.348 e. The van der Waals surface area contributed by atoms with Gasteiger partial charge in [-0.15, -0.1) is 0 Å². The van der Waals surface area contributed by atoms with Crippen molar-refractivity contribution in [2.75, 3.05) is 94.2 Å². The number of hydrogen-bond donors (Lipinski definition) is 2. The average Bonchev–Trinajstić information content (AvgIpc) is 3.29. The number of aliphatic hydroxyl groups excluding tert-OH is 1. The van der Waals surface area contributed by atoms with Crippen molar-refractivity contribution in [1.82, 2.24) is 4.90 Å². The highest BCUT2D eigenvalue weighted by molar-refractivity contribution is 7.99. The molecule has 6 unspecified atom stereocenters. The lowest BCUT2D eigenvalue weighted by atomic mass is 10.1. The number of nitrogens with zero attached hydrogens (tertiary/aromatic N) is 1. The van der Waals surface area contributed by atoms with Gasteiger partial charge in [-0.3, -0.25) is 0 Å². The summed E-state index contributed by atoms with van der Waals surface area (Å²) in [5, 5.41) is 9.68. The largest absolute Gasteiger partial charge is 0.460 e. The third-order valence-electron chi connectivity index (χ3n) is 9.92. The summed E-state index contributed by atoms with van der Waals surface area (Å²) in [6, 6.07) is 0. The molecule has 17 nitrogen and oxygen atoms in total. The fourth-order valence-electron chi connectivity index (χ4n) is 5.92. The quantitative estimate of drug-likeness (QED) is 0.0420. The number of thioether (sulfide) groups is 3. The Kier molecular flexibility index (Phi) is 41.2. The SMILES string of the molecule is CCCCCCCCCSCCCC(OC(=O)C(C)OC(=O)C(CCCSCCN(CC)CC)OC(=O)C(C)OC(=O)C(CCCSCCN)OC(=O)C(C)O)C(=O)OCCOCCOC. The van der Waals surface area contributed by atoms with Crippen LogP contribution in [0.25, 0.3) is 0 Å². The Balaban J connectivity index is 5.79. The third-order valence-corrected chi connectivity index (χ3v) is 13.2. The van der Waals surface area contributed by atoms with Crippen molar-refractivity contribution in [2.45, 2.75) is 162 Å². The predicted octanol–water partition coefficient (Wildman–Crippen LogP) is 5.76. The molecule has 0 aromatic heterocycles. The van der Waals surface area contributed by atoms with Gasteiger partial charge in [0, 0.05) is 31.7 Å². The monoisotopic (exact) mass is 1000 g/mol. The normalized spacial score (nSPS) is 14.1. The van der Waals surface area contributed by atoms with E-state index in [1.807, 2.05) is 0 Å². The van der Waals surface area contributed by atoms with Crippen molar-refractivity contribution in [3.05, 3.63) is 0 Å². The molecule has 0 saturated heterocycles. The molecule has 0 saturated carbocycles. The molecule has 0 amide bonds. The molecule has 0 aliphatic carbocycles. The van der Waals surface area contributed by atoms with Crippen LogP contribution in [-0.4, -0.2) is 177 Å². The topological polar surface area (TPSA) is 226 Å². The molecule has 66 heavy (non-hydrogen) atoms. The minimum atomic E-state index is -1.54. The molecule has 0 fully saturated rings. The molecule has 0 aromatic rings. The lowest BCUT2D eigenvalue weighted by Gasteiger charge is -2.23. The van der Waals surface area contributed by atoms with E-state index in [2.05, 4.69) is 25.7 Å². The maximum absolute atomic E-state index is 13.6. The lowest BCUT2D eigenvalue weighted by Crippen LogP contribution is -2.40. The molecule has 0 aliphatic heterocycles. The number of carbonyl (C=O) groups is 6. The number of unbranched alkanes of at least 4 members (excludes halogenated alkanes) is 6. The molecule has 20 heteroatoms.